The molecule has 1 heterocycles. The standard InChI is InChI=1S/C17H13Br2N3O/c18-13-5-1-3-11(7-13)9-20-17(23)15-10-21-22-16(15)12-4-2-6-14(19)8-12/h1-8,10H,9H2,(H,20,23)(H,21,22). The Morgan fingerprint density at radius 3 is 2.57 bits per heavy atom. The second kappa shape index (κ2) is 7.10. The van der Waals surface area contributed by atoms with E-state index >= 15 is 0 Å². The molecule has 0 saturated heterocycles. The predicted octanol–water partition coefficient (Wildman–Crippen LogP) is 4.53. The molecule has 0 unspecified atom stereocenters. The molecule has 0 atom stereocenters. The Balaban J connectivity index is 1.77. The summed E-state index contributed by atoms with van der Waals surface area (Å²) in [6, 6.07) is 15.6. The Morgan fingerprint density at radius 2 is 1.83 bits per heavy atom. The van der Waals surface area contributed by atoms with Gasteiger partial charge >= 0.3 is 0 Å². The topological polar surface area (TPSA) is 57.8 Å². The molecule has 0 aliphatic rings. The quantitative estimate of drug-likeness (QED) is 0.633. The van der Waals surface area contributed by atoms with Crippen LogP contribution in [0.15, 0.2) is 63.7 Å². The van der Waals surface area contributed by atoms with Gasteiger partial charge in [-0.15, -0.1) is 0 Å². The van der Waals surface area contributed by atoms with Gasteiger partial charge < -0.3 is 5.32 Å². The number of amides is 1. The number of halogens is 2. The van der Waals surface area contributed by atoms with Crippen LogP contribution in [0.2, 0.25) is 0 Å². The van der Waals surface area contributed by atoms with Gasteiger partial charge in [0.25, 0.3) is 5.91 Å². The Labute approximate surface area is 150 Å². The summed E-state index contributed by atoms with van der Waals surface area (Å²) in [6.07, 6.45) is 1.55. The third-order valence-electron chi connectivity index (χ3n) is 3.34. The zero-order chi connectivity index (χ0) is 16.2. The average Bonchev–Trinajstić information content (AvgIpc) is 3.02. The molecule has 0 spiro atoms. The smallest absolute Gasteiger partial charge is 0.255 e. The second-order valence-electron chi connectivity index (χ2n) is 4.98. The second-order valence-corrected chi connectivity index (χ2v) is 6.81. The number of nitrogens with one attached hydrogen (secondary N) is 2. The number of carbonyl (C=O) groups excluding carboxylic acids is 1. The molecule has 6 heteroatoms. The number of carbonyl (C=O) groups is 1. The molecule has 0 aliphatic carbocycles. The van der Waals surface area contributed by atoms with Gasteiger partial charge in [0.1, 0.15) is 0 Å². The lowest BCUT2D eigenvalue weighted by Gasteiger charge is -2.07. The lowest BCUT2D eigenvalue weighted by atomic mass is 10.1. The van der Waals surface area contributed by atoms with E-state index in [0.717, 1.165) is 20.1 Å². The summed E-state index contributed by atoms with van der Waals surface area (Å²) in [5.41, 5.74) is 3.17. The third kappa shape index (κ3) is 3.89. The number of hydrogen-bond acceptors (Lipinski definition) is 2. The summed E-state index contributed by atoms with van der Waals surface area (Å²) in [5.74, 6) is -0.159. The summed E-state index contributed by atoms with van der Waals surface area (Å²) < 4.78 is 1.94. The van der Waals surface area contributed by atoms with E-state index in [9.17, 15) is 4.79 Å². The van der Waals surface area contributed by atoms with Crippen LogP contribution in [-0.4, -0.2) is 16.1 Å². The monoisotopic (exact) mass is 433 g/mol. The van der Waals surface area contributed by atoms with Gasteiger partial charge in [-0.1, -0.05) is 56.1 Å². The zero-order valence-corrected chi connectivity index (χ0v) is 15.2. The highest BCUT2D eigenvalue weighted by Gasteiger charge is 2.15. The number of rotatable bonds is 4. The van der Waals surface area contributed by atoms with Crippen molar-refractivity contribution < 1.29 is 4.79 Å². The SMILES string of the molecule is O=C(NCc1cccc(Br)c1)c1cn[nH]c1-c1cccc(Br)c1. The summed E-state index contributed by atoms with van der Waals surface area (Å²) >= 11 is 6.86. The van der Waals surface area contributed by atoms with E-state index in [1.54, 1.807) is 6.20 Å². The maximum Gasteiger partial charge on any atom is 0.255 e. The lowest BCUT2D eigenvalue weighted by molar-refractivity contribution is 0.0951. The molecular weight excluding hydrogens is 422 g/mol. The van der Waals surface area contributed by atoms with Gasteiger partial charge in [0.15, 0.2) is 0 Å². The first kappa shape index (κ1) is 16.0. The highest BCUT2D eigenvalue weighted by Crippen LogP contribution is 2.24. The minimum atomic E-state index is -0.159. The Morgan fingerprint density at radius 1 is 1.09 bits per heavy atom. The molecule has 3 rings (SSSR count). The van der Waals surface area contributed by atoms with Crippen molar-refractivity contribution in [1.82, 2.24) is 15.5 Å². The molecule has 4 nitrogen and oxygen atoms in total. The van der Waals surface area contributed by atoms with E-state index in [-0.39, 0.29) is 5.91 Å². The van der Waals surface area contributed by atoms with E-state index in [2.05, 4.69) is 47.4 Å². The maximum atomic E-state index is 12.4. The van der Waals surface area contributed by atoms with Crippen LogP contribution in [0.3, 0.4) is 0 Å². The molecule has 3 aromatic rings. The number of aromatic nitrogens is 2. The first-order valence-electron chi connectivity index (χ1n) is 6.95. The van der Waals surface area contributed by atoms with Crippen molar-refractivity contribution in [1.29, 1.82) is 0 Å². The zero-order valence-electron chi connectivity index (χ0n) is 12.0. The fourth-order valence-corrected chi connectivity index (χ4v) is 3.09. The molecule has 23 heavy (non-hydrogen) atoms. The van der Waals surface area contributed by atoms with Crippen molar-refractivity contribution in [3.05, 3.63) is 74.8 Å². The Hall–Kier alpha value is -1.92. The van der Waals surface area contributed by atoms with E-state index in [1.807, 2.05) is 48.5 Å². The third-order valence-corrected chi connectivity index (χ3v) is 4.33. The fraction of sp³-hybridized carbons (Fsp3) is 0.0588. The van der Waals surface area contributed by atoms with Crippen LogP contribution in [0.25, 0.3) is 11.3 Å². The Bertz CT molecular complexity index is 845. The first-order valence-corrected chi connectivity index (χ1v) is 8.54. The number of benzene rings is 2. The predicted molar refractivity (Wildman–Crippen MR) is 97.0 cm³/mol. The molecule has 2 N–H and O–H groups in total. The van der Waals surface area contributed by atoms with Gasteiger partial charge in [0.05, 0.1) is 17.5 Å². The minimum absolute atomic E-state index is 0.159. The van der Waals surface area contributed by atoms with Crippen LogP contribution in [0, 0.1) is 0 Å². The highest BCUT2D eigenvalue weighted by molar-refractivity contribution is 9.10. The van der Waals surface area contributed by atoms with Crippen LogP contribution in [0.4, 0.5) is 0 Å². The number of nitrogens with zero attached hydrogens (tertiary/aromatic N) is 1. The molecule has 2 aromatic carbocycles. The van der Waals surface area contributed by atoms with Gasteiger partial charge in [0, 0.05) is 21.1 Å². The largest absolute Gasteiger partial charge is 0.348 e. The highest BCUT2D eigenvalue weighted by atomic mass is 79.9. The van der Waals surface area contributed by atoms with Gasteiger partial charge in [0.2, 0.25) is 0 Å². The van der Waals surface area contributed by atoms with Gasteiger partial charge in [-0.25, -0.2) is 0 Å². The average molecular weight is 435 g/mol. The molecular formula is C17H13Br2N3O. The molecule has 0 aliphatic heterocycles. The van der Waals surface area contributed by atoms with Crippen molar-refractivity contribution in [3.63, 3.8) is 0 Å². The van der Waals surface area contributed by atoms with Crippen molar-refractivity contribution >= 4 is 37.8 Å². The van der Waals surface area contributed by atoms with Crippen molar-refractivity contribution in [2.24, 2.45) is 0 Å². The van der Waals surface area contributed by atoms with Gasteiger partial charge in [-0.05, 0) is 29.8 Å². The summed E-state index contributed by atoms with van der Waals surface area (Å²) in [6.45, 7) is 0.460. The fourth-order valence-electron chi connectivity index (χ4n) is 2.25. The van der Waals surface area contributed by atoms with Crippen LogP contribution < -0.4 is 5.32 Å². The van der Waals surface area contributed by atoms with E-state index in [0.29, 0.717) is 17.8 Å². The van der Waals surface area contributed by atoms with E-state index in [4.69, 9.17) is 0 Å². The molecule has 0 fully saturated rings. The summed E-state index contributed by atoms with van der Waals surface area (Å²) in [4.78, 5) is 12.4. The first-order chi connectivity index (χ1) is 11.1. The molecule has 1 aromatic heterocycles. The van der Waals surface area contributed by atoms with Crippen LogP contribution in [0.1, 0.15) is 15.9 Å². The molecule has 0 radical (unpaired) electrons. The Kier molecular flexibility index (Phi) is 4.93. The van der Waals surface area contributed by atoms with Crippen molar-refractivity contribution in [2.45, 2.75) is 6.54 Å². The number of H-pyrrole nitrogens is 1. The van der Waals surface area contributed by atoms with E-state index < -0.39 is 0 Å². The summed E-state index contributed by atoms with van der Waals surface area (Å²) in [5, 5.41) is 9.83. The van der Waals surface area contributed by atoms with Gasteiger partial charge in [-0.2, -0.15) is 5.10 Å². The molecule has 116 valence electrons. The van der Waals surface area contributed by atoms with E-state index in [1.165, 1.54) is 0 Å². The minimum Gasteiger partial charge on any atom is -0.348 e. The van der Waals surface area contributed by atoms with Crippen LogP contribution >= 0.6 is 31.9 Å². The number of hydrogen-bond donors (Lipinski definition) is 2. The van der Waals surface area contributed by atoms with Crippen LogP contribution in [0.5, 0.6) is 0 Å². The van der Waals surface area contributed by atoms with Crippen molar-refractivity contribution in [3.8, 4) is 11.3 Å². The molecule has 1 amide bonds. The van der Waals surface area contributed by atoms with Crippen LogP contribution in [-0.2, 0) is 6.54 Å². The maximum absolute atomic E-state index is 12.4. The normalized spacial score (nSPS) is 10.5. The molecule has 0 bridgehead atoms. The lowest BCUT2D eigenvalue weighted by Crippen LogP contribution is -2.22. The number of aromatic amines is 1. The van der Waals surface area contributed by atoms with Crippen molar-refractivity contribution in [2.75, 3.05) is 0 Å². The van der Waals surface area contributed by atoms with Gasteiger partial charge in [-0.3, -0.25) is 9.89 Å². The molecule has 0 saturated carbocycles. The summed E-state index contributed by atoms with van der Waals surface area (Å²) in [7, 11) is 0.